The maximum Gasteiger partial charge on any atom is 0.224 e. The van der Waals surface area contributed by atoms with Crippen LogP contribution in [0, 0.1) is 0 Å². The molecule has 0 amide bonds. The van der Waals surface area contributed by atoms with Gasteiger partial charge in [0.05, 0.1) is 6.61 Å². The predicted molar refractivity (Wildman–Crippen MR) is 68.4 cm³/mol. The highest BCUT2D eigenvalue weighted by molar-refractivity contribution is 8.13. The summed E-state index contributed by atoms with van der Waals surface area (Å²) in [5.41, 5.74) is 0. The number of carbonyl (C=O) groups is 1. The minimum Gasteiger partial charge on any atom is -0.394 e. The lowest BCUT2D eigenvalue weighted by Gasteiger charge is -2.24. The molecule has 1 aromatic rings. The van der Waals surface area contributed by atoms with Gasteiger partial charge in [0.25, 0.3) is 0 Å². The first-order valence-corrected chi connectivity index (χ1v) is 6.39. The van der Waals surface area contributed by atoms with Gasteiger partial charge in [-0.2, -0.15) is 0 Å². The van der Waals surface area contributed by atoms with E-state index in [1.165, 1.54) is 0 Å². The van der Waals surface area contributed by atoms with Gasteiger partial charge < -0.3 is 25.5 Å². The third-order valence-electron chi connectivity index (χ3n) is 2.46. The van der Waals surface area contributed by atoms with E-state index in [0.717, 1.165) is 0 Å². The molecule has 106 valence electrons. The van der Waals surface area contributed by atoms with Gasteiger partial charge in [-0.1, -0.05) is 18.2 Å². The lowest BCUT2D eigenvalue weighted by molar-refractivity contribution is -0.139. The quantitative estimate of drug-likeness (QED) is 0.415. The Hall–Kier alpha value is -0.960. The number of aliphatic hydroxyl groups excluding tert-OH is 5. The van der Waals surface area contributed by atoms with Crippen LogP contribution in [0.4, 0.5) is 0 Å². The first-order valence-electron chi connectivity index (χ1n) is 5.57. The van der Waals surface area contributed by atoms with E-state index >= 15 is 0 Å². The number of carbonyl (C=O) groups excluding carboxylic acids is 1. The minimum atomic E-state index is -1.87. The summed E-state index contributed by atoms with van der Waals surface area (Å²) in [6, 6.07) is 8.49. The van der Waals surface area contributed by atoms with Crippen LogP contribution >= 0.6 is 11.8 Å². The number of aliphatic hydroxyl groups is 5. The van der Waals surface area contributed by atoms with Gasteiger partial charge in [-0.3, -0.25) is 4.79 Å². The van der Waals surface area contributed by atoms with E-state index in [0.29, 0.717) is 16.7 Å². The van der Waals surface area contributed by atoms with Gasteiger partial charge >= 0.3 is 0 Å². The van der Waals surface area contributed by atoms with E-state index in [1.807, 2.05) is 0 Å². The molecule has 6 nitrogen and oxygen atoms in total. The molecule has 0 heterocycles. The van der Waals surface area contributed by atoms with Gasteiger partial charge in [-0.05, 0) is 23.9 Å². The first-order chi connectivity index (χ1) is 8.97. The van der Waals surface area contributed by atoms with Crippen LogP contribution in [0.3, 0.4) is 0 Å². The topological polar surface area (TPSA) is 118 Å². The Morgan fingerprint density at radius 1 is 1.05 bits per heavy atom. The van der Waals surface area contributed by atoms with E-state index in [4.69, 9.17) is 10.2 Å². The minimum absolute atomic E-state index is 0.580. The molecule has 5 N–H and O–H groups in total. The van der Waals surface area contributed by atoms with Gasteiger partial charge in [-0.15, -0.1) is 0 Å². The Morgan fingerprint density at radius 3 is 2.16 bits per heavy atom. The van der Waals surface area contributed by atoms with Crippen LogP contribution in [0.5, 0.6) is 0 Å². The van der Waals surface area contributed by atoms with Crippen molar-refractivity contribution in [1.29, 1.82) is 0 Å². The van der Waals surface area contributed by atoms with Gasteiger partial charge in [-0.25, -0.2) is 0 Å². The summed E-state index contributed by atoms with van der Waals surface area (Å²) in [5.74, 6) is 0. The van der Waals surface area contributed by atoms with Crippen LogP contribution in [0.15, 0.2) is 35.2 Å². The zero-order valence-corrected chi connectivity index (χ0v) is 10.8. The summed E-state index contributed by atoms with van der Waals surface area (Å²) >= 11 is 0.713. The molecule has 0 radical (unpaired) electrons. The van der Waals surface area contributed by atoms with Crippen molar-refractivity contribution in [3.05, 3.63) is 30.3 Å². The van der Waals surface area contributed by atoms with Crippen molar-refractivity contribution in [1.82, 2.24) is 0 Å². The van der Waals surface area contributed by atoms with Crippen molar-refractivity contribution >= 4 is 16.9 Å². The zero-order chi connectivity index (χ0) is 14.4. The monoisotopic (exact) mass is 288 g/mol. The SMILES string of the molecule is O=C(Sc1ccccc1)C(O)C(O)C(O)C(O)CO. The average Bonchev–Trinajstić information content (AvgIpc) is 2.44. The lowest BCUT2D eigenvalue weighted by Crippen LogP contribution is -2.48. The molecule has 19 heavy (non-hydrogen) atoms. The first kappa shape index (κ1) is 16.1. The van der Waals surface area contributed by atoms with E-state index in [-0.39, 0.29) is 0 Å². The van der Waals surface area contributed by atoms with Crippen molar-refractivity contribution in [2.24, 2.45) is 0 Å². The third kappa shape index (κ3) is 4.57. The molecule has 0 bridgehead atoms. The average molecular weight is 288 g/mol. The van der Waals surface area contributed by atoms with Crippen LogP contribution in [0.1, 0.15) is 0 Å². The highest BCUT2D eigenvalue weighted by Gasteiger charge is 2.34. The normalized spacial score (nSPS) is 17.5. The molecule has 7 heteroatoms. The van der Waals surface area contributed by atoms with Gasteiger partial charge in [0.1, 0.15) is 18.3 Å². The largest absolute Gasteiger partial charge is 0.394 e. The molecular weight excluding hydrogens is 272 g/mol. The van der Waals surface area contributed by atoms with Crippen LogP contribution in [-0.2, 0) is 4.79 Å². The highest BCUT2D eigenvalue weighted by Crippen LogP contribution is 2.21. The van der Waals surface area contributed by atoms with Crippen molar-refractivity contribution in [2.75, 3.05) is 6.61 Å². The smallest absolute Gasteiger partial charge is 0.224 e. The van der Waals surface area contributed by atoms with Crippen molar-refractivity contribution < 1.29 is 30.3 Å². The molecule has 0 fully saturated rings. The van der Waals surface area contributed by atoms with Crippen molar-refractivity contribution in [3.8, 4) is 0 Å². The molecule has 1 rings (SSSR count). The van der Waals surface area contributed by atoms with Crippen LogP contribution in [0.25, 0.3) is 0 Å². The summed E-state index contributed by atoms with van der Waals surface area (Å²) in [6.07, 6.45) is -7.16. The summed E-state index contributed by atoms with van der Waals surface area (Å²) in [5, 5.41) is 45.5. The molecule has 0 saturated heterocycles. The molecule has 0 spiro atoms. The third-order valence-corrected chi connectivity index (χ3v) is 3.41. The molecule has 0 aliphatic carbocycles. The second-order valence-corrected chi connectivity index (χ2v) is 4.99. The molecule has 0 aliphatic rings. The van der Waals surface area contributed by atoms with Gasteiger partial charge in [0, 0.05) is 4.90 Å². The molecule has 4 atom stereocenters. The molecule has 0 saturated carbocycles. The number of benzene rings is 1. The van der Waals surface area contributed by atoms with Gasteiger partial charge in [0.2, 0.25) is 5.12 Å². The maximum absolute atomic E-state index is 11.7. The second-order valence-electron chi connectivity index (χ2n) is 3.91. The Morgan fingerprint density at radius 2 is 1.63 bits per heavy atom. The Balaban J connectivity index is 2.61. The molecular formula is C12H16O6S. The van der Waals surface area contributed by atoms with Gasteiger partial charge in [0.15, 0.2) is 6.10 Å². The van der Waals surface area contributed by atoms with E-state index < -0.39 is 36.1 Å². The fourth-order valence-electron chi connectivity index (χ4n) is 1.33. The Bertz CT molecular complexity index is 398. The second kappa shape index (κ2) is 7.59. The fourth-order valence-corrected chi connectivity index (χ4v) is 2.11. The zero-order valence-electron chi connectivity index (χ0n) is 9.96. The van der Waals surface area contributed by atoms with E-state index in [1.54, 1.807) is 30.3 Å². The number of hydrogen-bond acceptors (Lipinski definition) is 7. The standard InChI is InChI=1S/C12H16O6S/c13-6-8(14)9(15)10(16)11(17)12(18)19-7-4-2-1-3-5-7/h1-5,8-11,13-17H,6H2. The lowest BCUT2D eigenvalue weighted by atomic mass is 10.0. The van der Waals surface area contributed by atoms with Crippen LogP contribution < -0.4 is 0 Å². The van der Waals surface area contributed by atoms with Crippen molar-refractivity contribution in [3.63, 3.8) is 0 Å². The fraction of sp³-hybridized carbons (Fsp3) is 0.417. The molecule has 0 aliphatic heterocycles. The summed E-state index contributed by atoms with van der Waals surface area (Å²) in [4.78, 5) is 12.2. The van der Waals surface area contributed by atoms with Crippen molar-refractivity contribution in [2.45, 2.75) is 29.3 Å². The van der Waals surface area contributed by atoms with E-state index in [2.05, 4.69) is 0 Å². The predicted octanol–water partition coefficient (Wildman–Crippen LogP) is -1.26. The number of thioether (sulfide) groups is 1. The van der Waals surface area contributed by atoms with Crippen LogP contribution in [0.2, 0.25) is 0 Å². The number of hydrogen-bond donors (Lipinski definition) is 5. The molecule has 1 aromatic carbocycles. The van der Waals surface area contributed by atoms with Crippen LogP contribution in [-0.4, -0.2) is 61.7 Å². The van der Waals surface area contributed by atoms with E-state index in [9.17, 15) is 20.1 Å². The highest BCUT2D eigenvalue weighted by atomic mass is 32.2. The Kier molecular flexibility index (Phi) is 6.43. The number of rotatable bonds is 6. The maximum atomic E-state index is 11.7. The summed E-state index contributed by atoms with van der Waals surface area (Å²) in [7, 11) is 0. The summed E-state index contributed by atoms with van der Waals surface area (Å²) in [6.45, 7) is -0.787. The Labute approximate surface area is 114 Å². The summed E-state index contributed by atoms with van der Waals surface area (Å²) < 4.78 is 0. The molecule has 4 unspecified atom stereocenters. The molecule has 0 aromatic heterocycles.